The summed E-state index contributed by atoms with van der Waals surface area (Å²) in [6, 6.07) is 8.21. The van der Waals surface area contributed by atoms with Crippen molar-refractivity contribution in [1.29, 1.82) is 0 Å². The van der Waals surface area contributed by atoms with Gasteiger partial charge in [-0.15, -0.1) is 0 Å². The highest BCUT2D eigenvalue weighted by atomic mass is 16.5. The molecule has 0 aliphatic rings. The van der Waals surface area contributed by atoms with Crippen molar-refractivity contribution in [3.05, 3.63) is 36.8 Å². The molecule has 0 bridgehead atoms. The Balaban J connectivity index is 2.53. The van der Waals surface area contributed by atoms with E-state index in [0.29, 0.717) is 6.61 Å². The van der Waals surface area contributed by atoms with Crippen LogP contribution in [0.2, 0.25) is 0 Å². The normalized spacial score (nSPS) is 9.83. The van der Waals surface area contributed by atoms with Gasteiger partial charge in [0.2, 0.25) is 0 Å². The Hall–Kier alpha value is -0.980. The summed E-state index contributed by atoms with van der Waals surface area (Å²) in [6.07, 6.45) is 1.89. The fourth-order valence-electron chi connectivity index (χ4n) is 1.01. The monoisotopic (exact) mass is 163 g/mol. The Bertz CT molecular complexity index is 213. The van der Waals surface area contributed by atoms with E-state index in [1.807, 2.05) is 12.1 Å². The van der Waals surface area contributed by atoms with Crippen molar-refractivity contribution in [2.75, 3.05) is 6.61 Å². The summed E-state index contributed by atoms with van der Waals surface area (Å²) in [6.45, 7) is 6.55. The van der Waals surface area contributed by atoms with Gasteiger partial charge in [0.15, 0.2) is 0 Å². The van der Waals surface area contributed by atoms with Gasteiger partial charge in [-0.25, -0.2) is 0 Å². The Morgan fingerprint density at radius 2 is 1.92 bits per heavy atom. The Labute approximate surface area is 74.4 Å². The third kappa shape index (κ3) is 2.57. The van der Waals surface area contributed by atoms with Crippen LogP contribution in [0.1, 0.15) is 18.9 Å². The van der Waals surface area contributed by atoms with Crippen LogP contribution in [-0.4, -0.2) is 6.61 Å². The number of ether oxygens (including phenoxy) is 1. The molecule has 0 saturated heterocycles. The average molecular weight is 163 g/mol. The summed E-state index contributed by atoms with van der Waals surface area (Å²) in [7, 11) is 0. The number of benzene rings is 1. The van der Waals surface area contributed by atoms with E-state index in [2.05, 4.69) is 26.0 Å². The summed E-state index contributed by atoms with van der Waals surface area (Å²) in [5.41, 5.74) is 1.34. The van der Waals surface area contributed by atoms with Crippen LogP contribution in [-0.2, 0) is 6.42 Å². The number of hydrogen-bond acceptors (Lipinski definition) is 1. The fourth-order valence-corrected chi connectivity index (χ4v) is 1.01. The van der Waals surface area contributed by atoms with Gasteiger partial charge in [0.1, 0.15) is 5.75 Å². The van der Waals surface area contributed by atoms with E-state index in [4.69, 9.17) is 4.74 Å². The lowest BCUT2D eigenvalue weighted by Crippen LogP contribution is -1.94. The maximum absolute atomic E-state index is 5.39. The summed E-state index contributed by atoms with van der Waals surface area (Å²) in [5.74, 6) is 0.941. The second kappa shape index (κ2) is 4.81. The lowest BCUT2D eigenvalue weighted by molar-refractivity contribution is 0.324. The van der Waals surface area contributed by atoms with Gasteiger partial charge in [0.05, 0.1) is 6.61 Å². The summed E-state index contributed by atoms with van der Waals surface area (Å²) < 4.78 is 5.39. The summed E-state index contributed by atoms with van der Waals surface area (Å²) >= 11 is 0. The van der Waals surface area contributed by atoms with E-state index in [-0.39, 0.29) is 0 Å². The molecule has 0 heterocycles. The van der Waals surface area contributed by atoms with Crippen LogP contribution in [0.5, 0.6) is 5.75 Å². The SMILES string of the molecule is [CH2]CCOc1ccc(CC)cc1. The fraction of sp³-hybridized carbons (Fsp3) is 0.364. The molecule has 1 rings (SSSR count). The first-order chi connectivity index (χ1) is 5.86. The van der Waals surface area contributed by atoms with E-state index < -0.39 is 0 Å². The third-order valence-corrected chi connectivity index (χ3v) is 1.74. The first kappa shape index (κ1) is 9.11. The minimum atomic E-state index is 0.700. The van der Waals surface area contributed by atoms with E-state index in [9.17, 15) is 0 Å². The molecule has 1 radical (unpaired) electrons. The van der Waals surface area contributed by atoms with Gasteiger partial charge in [-0.2, -0.15) is 0 Å². The molecule has 1 nitrogen and oxygen atoms in total. The van der Waals surface area contributed by atoms with E-state index in [1.54, 1.807) is 0 Å². The molecule has 0 N–H and O–H groups in total. The number of aryl methyl sites for hydroxylation is 1. The Kier molecular flexibility index (Phi) is 3.65. The van der Waals surface area contributed by atoms with Crippen molar-refractivity contribution in [3.8, 4) is 5.75 Å². The van der Waals surface area contributed by atoms with Gasteiger partial charge in [-0.3, -0.25) is 0 Å². The highest BCUT2D eigenvalue weighted by Gasteiger charge is 1.91. The van der Waals surface area contributed by atoms with Gasteiger partial charge < -0.3 is 4.74 Å². The first-order valence-corrected chi connectivity index (χ1v) is 4.37. The second-order valence-corrected chi connectivity index (χ2v) is 2.70. The molecule has 0 unspecified atom stereocenters. The number of hydrogen-bond donors (Lipinski definition) is 0. The van der Waals surface area contributed by atoms with Crippen molar-refractivity contribution < 1.29 is 4.74 Å². The van der Waals surface area contributed by atoms with E-state index in [1.165, 1.54) is 5.56 Å². The van der Waals surface area contributed by atoms with Gasteiger partial charge in [-0.05, 0) is 37.5 Å². The maximum atomic E-state index is 5.39. The largest absolute Gasteiger partial charge is 0.494 e. The smallest absolute Gasteiger partial charge is 0.119 e. The van der Waals surface area contributed by atoms with Gasteiger partial charge in [0.25, 0.3) is 0 Å². The van der Waals surface area contributed by atoms with Crippen LogP contribution in [0.25, 0.3) is 0 Å². The molecule has 0 aliphatic carbocycles. The predicted octanol–water partition coefficient (Wildman–Crippen LogP) is 2.85. The van der Waals surface area contributed by atoms with E-state index >= 15 is 0 Å². The molecule has 0 amide bonds. The topological polar surface area (TPSA) is 9.23 Å². The summed E-state index contributed by atoms with van der Waals surface area (Å²) in [5, 5.41) is 0. The van der Waals surface area contributed by atoms with Crippen LogP contribution >= 0.6 is 0 Å². The van der Waals surface area contributed by atoms with Gasteiger partial charge >= 0.3 is 0 Å². The van der Waals surface area contributed by atoms with Crippen molar-refractivity contribution in [2.45, 2.75) is 19.8 Å². The average Bonchev–Trinajstić information content (AvgIpc) is 2.15. The molecule has 0 atom stereocenters. The van der Waals surface area contributed by atoms with Crippen LogP contribution in [0.4, 0.5) is 0 Å². The van der Waals surface area contributed by atoms with Crippen LogP contribution in [0.15, 0.2) is 24.3 Å². The first-order valence-electron chi connectivity index (χ1n) is 4.37. The van der Waals surface area contributed by atoms with Crippen molar-refractivity contribution in [3.63, 3.8) is 0 Å². The zero-order valence-corrected chi connectivity index (χ0v) is 7.55. The minimum absolute atomic E-state index is 0.700. The van der Waals surface area contributed by atoms with Crippen molar-refractivity contribution in [1.82, 2.24) is 0 Å². The molecule has 1 aromatic carbocycles. The van der Waals surface area contributed by atoms with Crippen LogP contribution in [0.3, 0.4) is 0 Å². The molecular formula is C11H15O. The second-order valence-electron chi connectivity index (χ2n) is 2.70. The predicted molar refractivity (Wildman–Crippen MR) is 51.3 cm³/mol. The highest BCUT2D eigenvalue weighted by molar-refractivity contribution is 5.27. The molecule has 0 saturated carbocycles. The highest BCUT2D eigenvalue weighted by Crippen LogP contribution is 2.12. The zero-order valence-electron chi connectivity index (χ0n) is 7.55. The third-order valence-electron chi connectivity index (χ3n) is 1.74. The van der Waals surface area contributed by atoms with Crippen molar-refractivity contribution in [2.24, 2.45) is 0 Å². The molecule has 0 aromatic heterocycles. The lowest BCUT2D eigenvalue weighted by atomic mass is 10.2. The molecule has 1 aromatic rings. The van der Waals surface area contributed by atoms with E-state index in [0.717, 1.165) is 18.6 Å². The zero-order chi connectivity index (χ0) is 8.81. The molecule has 0 fully saturated rings. The van der Waals surface area contributed by atoms with Gasteiger partial charge in [0, 0.05) is 0 Å². The molecule has 12 heavy (non-hydrogen) atoms. The van der Waals surface area contributed by atoms with Crippen molar-refractivity contribution >= 4 is 0 Å². The molecular weight excluding hydrogens is 148 g/mol. The molecule has 0 spiro atoms. The van der Waals surface area contributed by atoms with Crippen LogP contribution < -0.4 is 4.74 Å². The van der Waals surface area contributed by atoms with Crippen LogP contribution in [0, 0.1) is 6.92 Å². The summed E-state index contributed by atoms with van der Waals surface area (Å²) in [4.78, 5) is 0. The quantitative estimate of drug-likeness (QED) is 0.663. The standard InChI is InChI=1S/C11H15O/c1-3-9-12-11-7-5-10(4-2)6-8-11/h5-8H,1,3-4,9H2,2H3. The molecule has 65 valence electrons. The lowest BCUT2D eigenvalue weighted by Gasteiger charge is -2.04. The molecule has 0 aliphatic heterocycles. The van der Waals surface area contributed by atoms with Gasteiger partial charge in [-0.1, -0.05) is 19.1 Å². The minimum Gasteiger partial charge on any atom is -0.494 e. The Morgan fingerprint density at radius 3 is 2.42 bits per heavy atom. The Morgan fingerprint density at radius 1 is 1.25 bits per heavy atom. The number of rotatable bonds is 4. The molecule has 1 heteroatoms. The maximum Gasteiger partial charge on any atom is 0.119 e.